The van der Waals surface area contributed by atoms with E-state index in [4.69, 9.17) is 4.74 Å². The molecule has 3 aliphatic heterocycles. The average molecular weight is 437 g/mol. The third-order valence-corrected chi connectivity index (χ3v) is 6.98. The standard InChI is InChI=1S/C25H25FN2O2S/c1-25(2)20(17-5-3-16(4-6-17)15-28-9-11-31-12-10-28)14-22(30-25)23-19-8-7-18(26)13-21(19)27-24(23)29/h3-8,13-14H,9-12,15H2,1-2H3,(H,27,29)/b23-22+. The number of nitrogens with zero attached hydrogens (tertiary/aromatic N) is 1. The minimum atomic E-state index is -0.572. The number of hydrogen-bond acceptors (Lipinski definition) is 4. The zero-order valence-electron chi connectivity index (χ0n) is 17.7. The summed E-state index contributed by atoms with van der Waals surface area (Å²) in [6.07, 6.45) is 1.95. The molecule has 1 amide bonds. The summed E-state index contributed by atoms with van der Waals surface area (Å²) in [6, 6.07) is 13.0. The van der Waals surface area contributed by atoms with Crippen LogP contribution in [0.25, 0.3) is 11.1 Å². The maximum atomic E-state index is 13.6. The van der Waals surface area contributed by atoms with Gasteiger partial charge in [0.1, 0.15) is 17.2 Å². The minimum Gasteiger partial charge on any atom is -0.482 e. The van der Waals surface area contributed by atoms with E-state index < -0.39 is 5.60 Å². The lowest BCUT2D eigenvalue weighted by Crippen LogP contribution is -2.31. The number of benzene rings is 2. The second-order valence-corrected chi connectivity index (χ2v) is 9.86. The summed E-state index contributed by atoms with van der Waals surface area (Å²) in [4.78, 5) is 15.1. The normalized spacial score (nSPS) is 22.7. The molecule has 0 saturated carbocycles. The van der Waals surface area contributed by atoms with E-state index in [1.54, 1.807) is 6.07 Å². The van der Waals surface area contributed by atoms with E-state index in [0.29, 0.717) is 22.6 Å². The molecule has 0 radical (unpaired) electrons. The molecule has 3 aliphatic rings. The number of anilines is 1. The highest BCUT2D eigenvalue weighted by Crippen LogP contribution is 2.44. The van der Waals surface area contributed by atoms with Crippen molar-refractivity contribution in [2.75, 3.05) is 29.9 Å². The van der Waals surface area contributed by atoms with Gasteiger partial charge in [-0.3, -0.25) is 9.69 Å². The second-order valence-electron chi connectivity index (χ2n) is 8.64. The summed E-state index contributed by atoms with van der Waals surface area (Å²) in [7, 11) is 0. The molecule has 6 heteroatoms. The van der Waals surface area contributed by atoms with E-state index in [0.717, 1.165) is 30.8 Å². The first-order valence-electron chi connectivity index (χ1n) is 10.6. The van der Waals surface area contributed by atoms with Gasteiger partial charge in [0.15, 0.2) is 0 Å². The van der Waals surface area contributed by atoms with E-state index in [1.165, 1.54) is 29.2 Å². The Balaban J connectivity index is 1.45. The number of carbonyl (C=O) groups excluding carboxylic acids is 1. The van der Waals surface area contributed by atoms with Crippen LogP contribution in [-0.4, -0.2) is 41.0 Å². The quantitative estimate of drug-likeness (QED) is 0.693. The number of halogens is 1. The SMILES string of the molecule is CC1(C)O/C(=C2/C(=O)Nc3cc(F)ccc32)C=C1c1ccc(CN2CCSCC2)cc1. The summed E-state index contributed by atoms with van der Waals surface area (Å²) in [5.41, 5.74) is 4.45. The number of nitrogens with one attached hydrogen (secondary N) is 1. The van der Waals surface area contributed by atoms with Gasteiger partial charge < -0.3 is 10.1 Å². The lowest BCUT2D eigenvalue weighted by Gasteiger charge is -2.26. The molecule has 0 spiro atoms. The maximum absolute atomic E-state index is 13.6. The van der Waals surface area contributed by atoms with Crippen LogP contribution in [0.1, 0.15) is 30.5 Å². The summed E-state index contributed by atoms with van der Waals surface area (Å²) in [6.45, 7) is 7.27. The lowest BCUT2D eigenvalue weighted by molar-refractivity contribution is -0.111. The Labute approximate surface area is 186 Å². The fraction of sp³-hybridized carbons (Fsp3) is 0.320. The Morgan fingerprint density at radius 2 is 1.87 bits per heavy atom. The molecule has 2 aromatic carbocycles. The van der Waals surface area contributed by atoms with Crippen molar-refractivity contribution in [3.63, 3.8) is 0 Å². The molecule has 4 nitrogen and oxygen atoms in total. The third kappa shape index (κ3) is 3.90. The van der Waals surface area contributed by atoms with Crippen molar-refractivity contribution in [3.8, 4) is 0 Å². The Kier molecular flexibility index (Phi) is 5.15. The van der Waals surface area contributed by atoms with Crippen molar-refractivity contribution < 1.29 is 13.9 Å². The Bertz CT molecular complexity index is 1100. The van der Waals surface area contributed by atoms with Crippen LogP contribution >= 0.6 is 11.8 Å². The largest absolute Gasteiger partial charge is 0.482 e. The minimum absolute atomic E-state index is 0.265. The summed E-state index contributed by atoms with van der Waals surface area (Å²) >= 11 is 2.02. The molecule has 1 fully saturated rings. The molecule has 0 aliphatic carbocycles. The van der Waals surface area contributed by atoms with Crippen molar-refractivity contribution in [3.05, 3.63) is 76.8 Å². The van der Waals surface area contributed by atoms with Crippen molar-refractivity contribution >= 4 is 34.5 Å². The van der Waals surface area contributed by atoms with Gasteiger partial charge in [0.2, 0.25) is 0 Å². The predicted octanol–water partition coefficient (Wildman–Crippen LogP) is 4.93. The Morgan fingerprint density at radius 3 is 2.61 bits per heavy atom. The Morgan fingerprint density at radius 1 is 1.13 bits per heavy atom. The van der Waals surface area contributed by atoms with Crippen LogP contribution in [0.2, 0.25) is 0 Å². The van der Waals surface area contributed by atoms with Crippen LogP contribution in [0.5, 0.6) is 0 Å². The molecule has 160 valence electrons. The topological polar surface area (TPSA) is 41.6 Å². The van der Waals surface area contributed by atoms with Gasteiger partial charge in [0.05, 0.1) is 11.3 Å². The van der Waals surface area contributed by atoms with Crippen LogP contribution in [0.4, 0.5) is 10.1 Å². The van der Waals surface area contributed by atoms with Crippen molar-refractivity contribution in [2.45, 2.75) is 26.0 Å². The van der Waals surface area contributed by atoms with Crippen LogP contribution in [0.3, 0.4) is 0 Å². The highest BCUT2D eigenvalue weighted by atomic mass is 32.2. The molecule has 5 rings (SSSR count). The second kappa shape index (κ2) is 7.84. The van der Waals surface area contributed by atoms with Gasteiger partial charge in [0, 0.05) is 42.3 Å². The molecule has 0 aromatic heterocycles. The van der Waals surface area contributed by atoms with E-state index in [2.05, 4.69) is 34.5 Å². The number of thioether (sulfide) groups is 1. The highest BCUT2D eigenvalue weighted by Gasteiger charge is 2.38. The summed E-state index contributed by atoms with van der Waals surface area (Å²) in [5, 5.41) is 2.74. The van der Waals surface area contributed by atoms with Gasteiger partial charge in [-0.1, -0.05) is 24.3 Å². The molecule has 0 unspecified atom stereocenters. The molecule has 0 bridgehead atoms. The van der Waals surface area contributed by atoms with Gasteiger partial charge in [-0.2, -0.15) is 11.8 Å². The fourth-order valence-electron chi connectivity index (χ4n) is 4.42. The number of amides is 1. The van der Waals surface area contributed by atoms with Crippen molar-refractivity contribution in [2.24, 2.45) is 0 Å². The summed E-state index contributed by atoms with van der Waals surface area (Å²) < 4.78 is 19.8. The monoisotopic (exact) mass is 436 g/mol. The van der Waals surface area contributed by atoms with Crippen LogP contribution < -0.4 is 5.32 Å². The number of rotatable bonds is 3. The van der Waals surface area contributed by atoms with E-state index in [9.17, 15) is 9.18 Å². The molecular weight excluding hydrogens is 411 g/mol. The molecule has 31 heavy (non-hydrogen) atoms. The third-order valence-electron chi connectivity index (χ3n) is 6.04. The number of ether oxygens (including phenoxy) is 1. The van der Waals surface area contributed by atoms with E-state index in [1.807, 2.05) is 31.7 Å². The van der Waals surface area contributed by atoms with E-state index in [-0.39, 0.29) is 11.7 Å². The van der Waals surface area contributed by atoms with Crippen LogP contribution in [0, 0.1) is 5.82 Å². The van der Waals surface area contributed by atoms with Crippen molar-refractivity contribution in [1.82, 2.24) is 4.90 Å². The van der Waals surface area contributed by atoms with E-state index >= 15 is 0 Å². The van der Waals surface area contributed by atoms with Crippen LogP contribution in [0.15, 0.2) is 54.3 Å². The summed E-state index contributed by atoms with van der Waals surface area (Å²) in [5.74, 6) is 2.29. The zero-order valence-corrected chi connectivity index (χ0v) is 18.5. The predicted molar refractivity (Wildman–Crippen MR) is 124 cm³/mol. The maximum Gasteiger partial charge on any atom is 0.260 e. The molecule has 2 aromatic rings. The lowest BCUT2D eigenvalue weighted by atomic mass is 9.91. The first-order chi connectivity index (χ1) is 14.9. The van der Waals surface area contributed by atoms with Crippen LogP contribution in [-0.2, 0) is 16.1 Å². The van der Waals surface area contributed by atoms with Gasteiger partial charge in [-0.25, -0.2) is 4.39 Å². The molecule has 1 saturated heterocycles. The molecule has 3 heterocycles. The van der Waals surface area contributed by atoms with Gasteiger partial charge in [0.25, 0.3) is 5.91 Å². The van der Waals surface area contributed by atoms with Crippen molar-refractivity contribution in [1.29, 1.82) is 0 Å². The zero-order chi connectivity index (χ0) is 21.6. The molecule has 1 N–H and O–H groups in total. The Hall–Kier alpha value is -2.57. The average Bonchev–Trinajstić information content (AvgIpc) is 3.23. The number of carbonyl (C=O) groups is 1. The van der Waals surface area contributed by atoms with Gasteiger partial charge in [-0.05, 0) is 49.2 Å². The number of allylic oxidation sites excluding steroid dienone is 1. The molecule has 0 atom stereocenters. The smallest absolute Gasteiger partial charge is 0.260 e. The highest BCUT2D eigenvalue weighted by molar-refractivity contribution is 7.99. The molecular formula is C25H25FN2O2S. The number of fused-ring (bicyclic) bond motifs is 1. The van der Waals surface area contributed by atoms with Gasteiger partial charge in [-0.15, -0.1) is 0 Å². The first-order valence-corrected chi connectivity index (χ1v) is 11.7. The number of hydrogen-bond donors (Lipinski definition) is 1. The fourth-order valence-corrected chi connectivity index (χ4v) is 5.39. The first kappa shape index (κ1) is 20.3. The van der Waals surface area contributed by atoms with Gasteiger partial charge >= 0.3 is 0 Å².